The van der Waals surface area contributed by atoms with E-state index < -0.39 is 0 Å². The van der Waals surface area contributed by atoms with Crippen LogP contribution in [0.3, 0.4) is 0 Å². The van der Waals surface area contributed by atoms with Crippen molar-refractivity contribution in [3.8, 4) is 0 Å². The fourth-order valence-corrected chi connectivity index (χ4v) is 3.14. The Hall–Kier alpha value is -0.610. The summed E-state index contributed by atoms with van der Waals surface area (Å²) >= 11 is 0. The van der Waals surface area contributed by atoms with Crippen molar-refractivity contribution in [2.24, 2.45) is 22.9 Å². The van der Waals surface area contributed by atoms with Gasteiger partial charge in [0.05, 0.1) is 18.2 Å². The van der Waals surface area contributed by atoms with Crippen molar-refractivity contribution in [2.45, 2.75) is 32.7 Å². The first-order valence-corrected chi connectivity index (χ1v) is 5.77. The molecule has 4 heteroatoms. The van der Waals surface area contributed by atoms with E-state index in [0.717, 1.165) is 6.42 Å². The smallest absolute Gasteiger partial charge is 0.161 e. The van der Waals surface area contributed by atoms with Crippen LogP contribution in [0.2, 0.25) is 0 Å². The van der Waals surface area contributed by atoms with E-state index in [0.29, 0.717) is 31.0 Å². The van der Waals surface area contributed by atoms with Gasteiger partial charge in [-0.3, -0.25) is 0 Å². The summed E-state index contributed by atoms with van der Waals surface area (Å²) < 4.78 is 11.4. The highest BCUT2D eigenvalue weighted by Gasteiger charge is 2.54. The van der Waals surface area contributed by atoms with Gasteiger partial charge in [-0.15, -0.1) is 0 Å². The maximum absolute atomic E-state index is 5.71. The van der Waals surface area contributed by atoms with Gasteiger partial charge in [-0.2, -0.15) is 0 Å². The Labute approximate surface area is 89.6 Å². The highest BCUT2D eigenvalue weighted by Crippen LogP contribution is 2.46. The molecule has 2 heterocycles. The predicted molar refractivity (Wildman–Crippen MR) is 54.4 cm³/mol. The molecule has 0 spiro atoms. The van der Waals surface area contributed by atoms with Crippen LogP contribution in [-0.4, -0.2) is 31.3 Å². The van der Waals surface area contributed by atoms with Crippen LogP contribution in [0.1, 0.15) is 20.3 Å². The molecule has 4 nitrogen and oxygen atoms in total. The van der Waals surface area contributed by atoms with Crippen LogP contribution >= 0.6 is 0 Å². The van der Waals surface area contributed by atoms with Gasteiger partial charge in [0, 0.05) is 12.5 Å². The minimum atomic E-state index is -0.0550. The van der Waals surface area contributed by atoms with E-state index in [1.165, 1.54) is 5.71 Å². The second-order valence-corrected chi connectivity index (χ2v) is 4.67. The van der Waals surface area contributed by atoms with E-state index in [-0.39, 0.29) is 12.4 Å². The molecule has 1 aliphatic carbocycles. The molecule has 1 saturated heterocycles. The largest absolute Gasteiger partial charge is 0.389 e. The van der Waals surface area contributed by atoms with Gasteiger partial charge in [0.1, 0.15) is 0 Å². The second kappa shape index (κ2) is 3.46. The molecule has 3 aliphatic rings. The lowest BCUT2D eigenvalue weighted by atomic mass is 9.84. The van der Waals surface area contributed by atoms with Crippen LogP contribution < -0.4 is 0 Å². The Morgan fingerprint density at radius 3 is 3.20 bits per heavy atom. The summed E-state index contributed by atoms with van der Waals surface area (Å²) in [5, 5.41) is 4.17. The fraction of sp³-hybridized carbons (Fsp3) is 0.909. The van der Waals surface area contributed by atoms with E-state index in [4.69, 9.17) is 14.3 Å². The maximum Gasteiger partial charge on any atom is 0.161 e. The summed E-state index contributed by atoms with van der Waals surface area (Å²) in [6, 6.07) is 0. The lowest BCUT2D eigenvalue weighted by molar-refractivity contribution is -0.231. The van der Waals surface area contributed by atoms with Crippen molar-refractivity contribution >= 4 is 5.71 Å². The Kier molecular flexibility index (Phi) is 2.21. The summed E-state index contributed by atoms with van der Waals surface area (Å²) in [5.41, 5.74) is 1.23. The normalized spacial score (nSPS) is 47.3. The first-order valence-electron chi connectivity index (χ1n) is 5.77. The molecule has 0 aromatic heterocycles. The standard InChI is InChI=1S/C11H17NO3/c1-3-13-11-9-6(2)4-7-10(9)8(5-14-11)15-12-7/h6,8-11H,3-5H2,1-2H3. The van der Waals surface area contributed by atoms with Gasteiger partial charge in [0.15, 0.2) is 12.4 Å². The third kappa shape index (κ3) is 1.31. The fourth-order valence-electron chi connectivity index (χ4n) is 3.14. The monoisotopic (exact) mass is 211 g/mol. The molecule has 1 saturated carbocycles. The van der Waals surface area contributed by atoms with Crippen molar-refractivity contribution in [1.29, 1.82) is 0 Å². The Balaban J connectivity index is 1.85. The Morgan fingerprint density at radius 2 is 2.40 bits per heavy atom. The van der Waals surface area contributed by atoms with Crippen LogP contribution in [0.4, 0.5) is 0 Å². The number of oxime groups is 1. The van der Waals surface area contributed by atoms with Crippen LogP contribution in [0.15, 0.2) is 5.16 Å². The third-order valence-electron chi connectivity index (χ3n) is 3.76. The van der Waals surface area contributed by atoms with Crippen LogP contribution in [0.5, 0.6) is 0 Å². The van der Waals surface area contributed by atoms with Gasteiger partial charge < -0.3 is 14.3 Å². The lowest BCUT2D eigenvalue weighted by Gasteiger charge is -2.36. The quantitative estimate of drug-likeness (QED) is 0.693. The van der Waals surface area contributed by atoms with Gasteiger partial charge in [-0.1, -0.05) is 12.1 Å². The molecule has 0 radical (unpaired) electrons. The topological polar surface area (TPSA) is 40.0 Å². The zero-order valence-corrected chi connectivity index (χ0v) is 9.18. The van der Waals surface area contributed by atoms with Crippen LogP contribution in [0, 0.1) is 17.8 Å². The van der Waals surface area contributed by atoms with Gasteiger partial charge in [0.25, 0.3) is 0 Å². The van der Waals surface area contributed by atoms with E-state index in [1.54, 1.807) is 0 Å². The highest BCUT2D eigenvalue weighted by molar-refractivity contribution is 5.90. The number of rotatable bonds is 2. The van der Waals surface area contributed by atoms with E-state index in [9.17, 15) is 0 Å². The Morgan fingerprint density at radius 1 is 1.53 bits per heavy atom. The molecule has 0 N–H and O–H groups in total. The number of hydrogen-bond acceptors (Lipinski definition) is 4. The van der Waals surface area contributed by atoms with E-state index >= 15 is 0 Å². The molecule has 5 unspecified atom stereocenters. The first kappa shape index (κ1) is 9.60. The van der Waals surface area contributed by atoms with Gasteiger partial charge in [-0.05, 0) is 19.3 Å². The maximum atomic E-state index is 5.71. The second-order valence-electron chi connectivity index (χ2n) is 4.67. The van der Waals surface area contributed by atoms with Gasteiger partial charge in [0.2, 0.25) is 0 Å². The molecule has 3 rings (SSSR count). The van der Waals surface area contributed by atoms with Crippen molar-refractivity contribution in [2.75, 3.05) is 13.2 Å². The summed E-state index contributed by atoms with van der Waals surface area (Å²) in [5.74, 6) is 1.48. The summed E-state index contributed by atoms with van der Waals surface area (Å²) in [4.78, 5) is 5.37. The molecule has 15 heavy (non-hydrogen) atoms. The molecule has 84 valence electrons. The summed E-state index contributed by atoms with van der Waals surface area (Å²) in [6.07, 6.45) is 1.13. The SMILES string of the molecule is CCOC1OCC2ON=C3CC(C)C1C32. The molecule has 0 aromatic rings. The van der Waals surface area contributed by atoms with Crippen molar-refractivity contribution in [3.05, 3.63) is 0 Å². The zero-order valence-electron chi connectivity index (χ0n) is 9.18. The molecule has 2 fully saturated rings. The minimum Gasteiger partial charge on any atom is -0.389 e. The highest BCUT2D eigenvalue weighted by atomic mass is 16.7. The lowest BCUT2D eigenvalue weighted by Crippen LogP contribution is -2.46. The molecule has 5 atom stereocenters. The van der Waals surface area contributed by atoms with Crippen LogP contribution in [-0.2, 0) is 14.3 Å². The summed E-state index contributed by atoms with van der Waals surface area (Å²) in [7, 11) is 0. The van der Waals surface area contributed by atoms with Gasteiger partial charge >= 0.3 is 0 Å². The third-order valence-corrected chi connectivity index (χ3v) is 3.76. The molecule has 0 bridgehead atoms. The average Bonchev–Trinajstić information content (AvgIpc) is 2.75. The number of hydrogen-bond donors (Lipinski definition) is 0. The predicted octanol–water partition coefficient (Wildman–Crippen LogP) is 1.41. The molecule has 0 aromatic carbocycles. The zero-order chi connectivity index (χ0) is 10.4. The van der Waals surface area contributed by atoms with E-state index in [1.807, 2.05) is 6.92 Å². The summed E-state index contributed by atoms with van der Waals surface area (Å²) in [6.45, 7) is 5.59. The Bertz CT molecular complexity index is 292. The molecular weight excluding hydrogens is 194 g/mol. The van der Waals surface area contributed by atoms with Crippen molar-refractivity contribution < 1.29 is 14.3 Å². The molecular formula is C11H17NO3. The molecule has 0 amide bonds. The number of nitrogens with zero attached hydrogens (tertiary/aromatic N) is 1. The number of ether oxygens (including phenoxy) is 2. The minimum absolute atomic E-state index is 0.0550. The molecule has 2 aliphatic heterocycles. The van der Waals surface area contributed by atoms with Crippen molar-refractivity contribution in [3.63, 3.8) is 0 Å². The van der Waals surface area contributed by atoms with E-state index in [2.05, 4.69) is 12.1 Å². The van der Waals surface area contributed by atoms with Crippen molar-refractivity contribution in [1.82, 2.24) is 0 Å². The van der Waals surface area contributed by atoms with Gasteiger partial charge in [-0.25, -0.2) is 0 Å². The average molecular weight is 211 g/mol. The van der Waals surface area contributed by atoms with Crippen LogP contribution in [0.25, 0.3) is 0 Å². The first-order chi connectivity index (χ1) is 7.31.